The lowest BCUT2D eigenvalue weighted by atomic mass is 10.0. The Kier molecular flexibility index (Phi) is 11.9. The Hall–Kier alpha value is -1.10. The van der Waals surface area contributed by atoms with Gasteiger partial charge in [0.05, 0.1) is 26.4 Å². The number of ether oxygens (including phenoxy) is 2. The predicted molar refractivity (Wildman–Crippen MR) is 139 cm³/mol. The van der Waals surface area contributed by atoms with Crippen LogP contribution in [-0.4, -0.2) is 83.1 Å². The van der Waals surface area contributed by atoms with E-state index in [1.54, 1.807) is 0 Å². The number of nitrogens with zero attached hydrogens (tertiary/aromatic N) is 3. The zero-order valence-electron chi connectivity index (χ0n) is 19.3. The summed E-state index contributed by atoms with van der Waals surface area (Å²) < 4.78 is 11.1. The molecule has 7 nitrogen and oxygen atoms in total. The smallest absolute Gasteiger partial charge is 0.191 e. The molecule has 1 aromatic rings. The molecular formula is C23H40IN5O2. The van der Waals surface area contributed by atoms with E-state index in [0.717, 1.165) is 71.7 Å². The van der Waals surface area contributed by atoms with Gasteiger partial charge in [-0.3, -0.25) is 9.89 Å². The molecule has 8 heteroatoms. The summed E-state index contributed by atoms with van der Waals surface area (Å²) in [5.74, 6) is 1.52. The van der Waals surface area contributed by atoms with Crippen molar-refractivity contribution in [3.05, 3.63) is 29.8 Å². The highest BCUT2D eigenvalue weighted by Crippen LogP contribution is 2.21. The Morgan fingerprint density at radius 2 is 1.65 bits per heavy atom. The van der Waals surface area contributed by atoms with Crippen LogP contribution in [0.3, 0.4) is 0 Å². The number of hydrogen-bond acceptors (Lipinski definition) is 5. The van der Waals surface area contributed by atoms with Crippen LogP contribution in [-0.2, 0) is 16.0 Å². The molecule has 0 aliphatic carbocycles. The number of para-hydroxylation sites is 1. The van der Waals surface area contributed by atoms with Crippen molar-refractivity contribution in [1.29, 1.82) is 0 Å². The van der Waals surface area contributed by atoms with Gasteiger partial charge in [-0.1, -0.05) is 32.0 Å². The van der Waals surface area contributed by atoms with Crippen LogP contribution in [0.25, 0.3) is 0 Å². The van der Waals surface area contributed by atoms with Crippen molar-refractivity contribution in [2.75, 3.05) is 71.1 Å². The number of guanidine groups is 1. The van der Waals surface area contributed by atoms with E-state index in [1.165, 1.54) is 17.7 Å². The van der Waals surface area contributed by atoms with E-state index in [9.17, 15) is 0 Å². The van der Waals surface area contributed by atoms with Crippen LogP contribution in [0.4, 0.5) is 5.69 Å². The first kappa shape index (κ1) is 26.2. The number of halogens is 1. The topological polar surface area (TPSA) is 61.4 Å². The van der Waals surface area contributed by atoms with E-state index in [1.807, 2.05) is 7.05 Å². The molecule has 0 bridgehead atoms. The molecule has 0 aromatic heterocycles. The van der Waals surface area contributed by atoms with Crippen molar-refractivity contribution in [2.45, 2.75) is 32.9 Å². The van der Waals surface area contributed by atoms with Crippen molar-refractivity contribution >= 4 is 35.6 Å². The van der Waals surface area contributed by atoms with Gasteiger partial charge < -0.3 is 25.0 Å². The first-order valence-electron chi connectivity index (χ1n) is 11.3. The van der Waals surface area contributed by atoms with E-state index < -0.39 is 0 Å². The molecule has 0 amide bonds. The van der Waals surface area contributed by atoms with E-state index in [-0.39, 0.29) is 24.0 Å². The summed E-state index contributed by atoms with van der Waals surface area (Å²) in [5, 5.41) is 7.08. The second-order valence-electron chi connectivity index (χ2n) is 8.47. The van der Waals surface area contributed by atoms with Crippen molar-refractivity contribution < 1.29 is 9.47 Å². The van der Waals surface area contributed by atoms with Crippen molar-refractivity contribution in [3.63, 3.8) is 0 Å². The predicted octanol–water partition coefficient (Wildman–Crippen LogP) is 2.55. The molecule has 3 rings (SSSR count). The average Bonchev–Trinajstić information content (AvgIpc) is 2.79. The molecule has 1 aromatic carbocycles. The Morgan fingerprint density at radius 1 is 1.00 bits per heavy atom. The fraction of sp³-hybridized carbons (Fsp3) is 0.696. The van der Waals surface area contributed by atoms with Crippen LogP contribution in [0.2, 0.25) is 0 Å². The second kappa shape index (κ2) is 14.1. The third kappa shape index (κ3) is 8.40. The summed E-state index contributed by atoms with van der Waals surface area (Å²) in [5.41, 5.74) is 2.57. The van der Waals surface area contributed by atoms with Gasteiger partial charge in [0.15, 0.2) is 5.96 Å². The zero-order chi connectivity index (χ0) is 21.2. The molecule has 0 saturated carbocycles. The fourth-order valence-electron chi connectivity index (χ4n) is 4.24. The number of hydrogen-bond donors (Lipinski definition) is 2. The Bertz CT molecular complexity index is 661. The highest BCUT2D eigenvalue weighted by atomic mass is 127. The van der Waals surface area contributed by atoms with Crippen molar-refractivity contribution in [1.82, 2.24) is 15.5 Å². The van der Waals surface area contributed by atoms with Gasteiger partial charge in [-0.05, 0) is 24.0 Å². The summed E-state index contributed by atoms with van der Waals surface area (Å²) in [4.78, 5) is 9.42. The van der Waals surface area contributed by atoms with Crippen LogP contribution >= 0.6 is 24.0 Å². The third-order valence-corrected chi connectivity index (χ3v) is 5.82. The second-order valence-corrected chi connectivity index (χ2v) is 8.47. The van der Waals surface area contributed by atoms with Crippen LogP contribution in [0.5, 0.6) is 0 Å². The van der Waals surface area contributed by atoms with Gasteiger partial charge in [0.2, 0.25) is 0 Å². The van der Waals surface area contributed by atoms with Crippen LogP contribution in [0.1, 0.15) is 25.8 Å². The van der Waals surface area contributed by atoms with Gasteiger partial charge in [0, 0.05) is 58.0 Å². The highest BCUT2D eigenvalue weighted by Gasteiger charge is 2.22. The molecule has 2 fully saturated rings. The number of benzene rings is 1. The standard InChI is InChI=1S/C23H39N5O2.HI/c1-19(2)16-21(27-8-12-29-13-9-27)18-26-23(24-3)25-17-20-6-4-5-7-22(20)28-10-14-30-15-11-28;/h4-7,19,21H,8-18H2,1-3H3,(H2,24,25,26);1H. The van der Waals surface area contributed by atoms with Gasteiger partial charge in [-0.2, -0.15) is 0 Å². The molecule has 2 aliphatic rings. The summed E-state index contributed by atoms with van der Waals surface area (Å²) in [6.07, 6.45) is 1.17. The molecule has 0 radical (unpaired) electrons. The molecule has 1 unspecified atom stereocenters. The fourth-order valence-corrected chi connectivity index (χ4v) is 4.24. The maximum Gasteiger partial charge on any atom is 0.191 e. The molecule has 176 valence electrons. The van der Waals surface area contributed by atoms with Gasteiger partial charge in [0.25, 0.3) is 0 Å². The van der Waals surface area contributed by atoms with Crippen LogP contribution in [0.15, 0.2) is 29.3 Å². The zero-order valence-corrected chi connectivity index (χ0v) is 21.6. The van der Waals surface area contributed by atoms with Gasteiger partial charge in [-0.25, -0.2) is 0 Å². The lowest BCUT2D eigenvalue weighted by molar-refractivity contribution is 0.0132. The normalized spacial score (nSPS) is 19.1. The van der Waals surface area contributed by atoms with Crippen LogP contribution < -0.4 is 15.5 Å². The number of morpholine rings is 2. The maximum atomic E-state index is 5.54. The van der Waals surface area contributed by atoms with E-state index in [0.29, 0.717) is 12.0 Å². The van der Waals surface area contributed by atoms with Gasteiger partial charge >= 0.3 is 0 Å². The van der Waals surface area contributed by atoms with Crippen molar-refractivity contribution in [2.24, 2.45) is 10.9 Å². The monoisotopic (exact) mass is 545 g/mol. The molecule has 2 aliphatic heterocycles. The lowest BCUT2D eigenvalue weighted by Gasteiger charge is -2.35. The molecule has 0 spiro atoms. The number of anilines is 1. The van der Waals surface area contributed by atoms with Gasteiger partial charge in [0.1, 0.15) is 0 Å². The molecule has 31 heavy (non-hydrogen) atoms. The first-order valence-corrected chi connectivity index (χ1v) is 11.3. The number of rotatable bonds is 8. The maximum absolute atomic E-state index is 5.54. The Balaban J connectivity index is 0.00000341. The third-order valence-electron chi connectivity index (χ3n) is 5.82. The Morgan fingerprint density at radius 3 is 2.29 bits per heavy atom. The largest absolute Gasteiger partial charge is 0.379 e. The van der Waals surface area contributed by atoms with E-state index >= 15 is 0 Å². The molecule has 2 saturated heterocycles. The van der Waals surface area contributed by atoms with Gasteiger partial charge in [-0.15, -0.1) is 24.0 Å². The first-order chi connectivity index (χ1) is 14.7. The number of aliphatic imine (C=N–C) groups is 1. The van der Waals surface area contributed by atoms with E-state index in [4.69, 9.17) is 9.47 Å². The molecule has 2 N–H and O–H groups in total. The molecule has 2 heterocycles. The van der Waals surface area contributed by atoms with E-state index in [2.05, 4.69) is 63.5 Å². The minimum absolute atomic E-state index is 0. The lowest BCUT2D eigenvalue weighted by Crippen LogP contribution is -2.51. The Labute approximate surface area is 205 Å². The van der Waals surface area contributed by atoms with Crippen LogP contribution in [0, 0.1) is 5.92 Å². The average molecular weight is 546 g/mol. The highest BCUT2D eigenvalue weighted by molar-refractivity contribution is 14.0. The molecule has 1 atom stereocenters. The summed E-state index contributed by atoms with van der Waals surface area (Å²) in [6.45, 7) is 13.4. The SMILES string of the molecule is CN=C(NCc1ccccc1N1CCOCC1)NCC(CC(C)C)N1CCOCC1.I. The summed E-state index contributed by atoms with van der Waals surface area (Å²) in [7, 11) is 1.84. The minimum Gasteiger partial charge on any atom is -0.379 e. The summed E-state index contributed by atoms with van der Waals surface area (Å²) >= 11 is 0. The summed E-state index contributed by atoms with van der Waals surface area (Å²) in [6, 6.07) is 9.11. The van der Waals surface area contributed by atoms with Crippen molar-refractivity contribution in [3.8, 4) is 0 Å². The number of nitrogens with one attached hydrogen (secondary N) is 2. The minimum atomic E-state index is 0. The quantitative estimate of drug-likeness (QED) is 0.298. The molecular weight excluding hydrogens is 505 g/mol.